The maximum Gasteiger partial charge on any atom is 0.282 e. The van der Waals surface area contributed by atoms with Gasteiger partial charge in [0.2, 0.25) is 0 Å². The van der Waals surface area contributed by atoms with E-state index in [1.54, 1.807) is 24.3 Å². The summed E-state index contributed by atoms with van der Waals surface area (Å²) in [6, 6.07) is 16.4. The Labute approximate surface area is 176 Å². The molecule has 1 fully saturated rings. The molecule has 6 nitrogen and oxygen atoms in total. The van der Waals surface area contributed by atoms with Gasteiger partial charge < -0.3 is 14.7 Å². The molecule has 1 unspecified atom stereocenters. The van der Waals surface area contributed by atoms with Crippen LogP contribution in [0.4, 0.5) is 5.69 Å². The van der Waals surface area contributed by atoms with Gasteiger partial charge in [-0.2, -0.15) is 0 Å². The SMILES string of the molecule is CCOc1cccc(N2C(=O)C(c3ccccc3)=C(N3CCCC(CO)C3)C2=O)c1. The number of likely N-dealkylation sites (tertiary alicyclic amines) is 1. The molecule has 0 aromatic heterocycles. The number of amides is 2. The van der Waals surface area contributed by atoms with Crippen molar-refractivity contribution in [2.24, 2.45) is 5.92 Å². The van der Waals surface area contributed by atoms with Crippen LogP contribution in [-0.4, -0.2) is 48.1 Å². The first-order chi connectivity index (χ1) is 14.6. The number of anilines is 1. The second kappa shape index (κ2) is 8.71. The molecule has 0 radical (unpaired) electrons. The van der Waals surface area contributed by atoms with Gasteiger partial charge in [-0.15, -0.1) is 0 Å². The summed E-state index contributed by atoms with van der Waals surface area (Å²) in [7, 11) is 0. The molecule has 156 valence electrons. The van der Waals surface area contributed by atoms with Crippen LogP contribution in [0.1, 0.15) is 25.3 Å². The Morgan fingerprint density at radius 2 is 1.87 bits per heavy atom. The van der Waals surface area contributed by atoms with Crippen molar-refractivity contribution in [3.63, 3.8) is 0 Å². The molecular formula is C24H26N2O4. The third-order valence-electron chi connectivity index (χ3n) is 5.60. The van der Waals surface area contributed by atoms with E-state index < -0.39 is 0 Å². The minimum Gasteiger partial charge on any atom is -0.494 e. The number of aliphatic hydroxyl groups excluding tert-OH is 1. The van der Waals surface area contributed by atoms with E-state index in [4.69, 9.17) is 4.74 Å². The molecule has 2 amide bonds. The highest BCUT2D eigenvalue weighted by Gasteiger charge is 2.43. The van der Waals surface area contributed by atoms with E-state index in [-0.39, 0.29) is 24.3 Å². The lowest BCUT2D eigenvalue weighted by atomic mass is 9.97. The number of rotatable bonds is 6. The van der Waals surface area contributed by atoms with Gasteiger partial charge in [0.05, 0.1) is 17.9 Å². The molecule has 0 saturated carbocycles. The minimum atomic E-state index is -0.332. The number of ether oxygens (including phenoxy) is 1. The molecule has 0 spiro atoms. The summed E-state index contributed by atoms with van der Waals surface area (Å²) >= 11 is 0. The van der Waals surface area contributed by atoms with E-state index >= 15 is 0 Å². The highest BCUT2D eigenvalue weighted by Crippen LogP contribution is 2.37. The van der Waals surface area contributed by atoms with Crippen LogP contribution in [0.25, 0.3) is 5.57 Å². The number of nitrogens with zero attached hydrogens (tertiary/aromatic N) is 2. The second-order valence-corrected chi connectivity index (χ2v) is 7.60. The molecule has 4 rings (SSSR count). The second-order valence-electron chi connectivity index (χ2n) is 7.60. The third-order valence-corrected chi connectivity index (χ3v) is 5.60. The maximum absolute atomic E-state index is 13.6. The molecule has 1 atom stereocenters. The first-order valence-electron chi connectivity index (χ1n) is 10.4. The topological polar surface area (TPSA) is 70.1 Å². The van der Waals surface area contributed by atoms with Crippen molar-refractivity contribution in [1.29, 1.82) is 0 Å². The zero-order valence-corrected chi connectivity index (χ0v) is 17.1. The number of benzene rings is 2. The summed E-state index contributed by atoms with van der Waals surface area (Å²) in [6.07, 6.45) is 1.79. The quantitative estimate of drug-likeness (QED) is 0.747. The van der Waals surface area contributed by atoms with E-state index in [9.17, 15) is 14.7 Å². The fourth-order valence-corrected chi connectivity index (χ4v) is 4.21. The van der Waals surface area contributed by atoms with Gasteiger partial charge in [0, 0.05) is 25.8 Å². The standard InChI is InChI=1S/C24H26N2O4/c1-2-30-20-12-6-11-19(14-20)26-23(28)21(18-9-4-3-5-10-18)22(24(26)29)25-13-7-8-17(15-25)16-27/h3-6,9-12,14,17,27H,2,7-8,13,15-16H2,1H3. The lowest BCUT2D eigenvalue weighted by Crippen LogP contribution is -2.40. The Morgan fingerprint density at radius 3 is 2.60 bits per heavy atom. The number of piperidine rings is 1. The Hall–Kier alpha value is -3.12. The van der Waals surface area contributed by atoms with Crippen molar-refractivity contribution in [3.8, 4) is 5.75 Å². The van der Waals surface area contributed by atoms with Crippen LogP contribution >= 0.6 is 0 Å². The largest absolute Gasteiger partial charge is 0.494 e. The molecule has 1 N–H and O–H groups in total. The van der Waals surface area contributed by atoms with Gasteiger partial charge in [-0.3, -0.25) is 9.59 Å². The number of hydrogen-bond donors (Lipinski definition) is 1. The predicted molar refractivity (Wildman–Crippen MR) is 115 cm³/mol. The molecule has 2 aromatic carbocycles. The molecule has 2 aromatic rings. The van der Waals surface area contributed by atoms with Gasteiger partial charge in [0.25, 0.3) is 11.8 Å². The van der Waals surface area contributed by atoms with Crippen molar-refractivity contribution in [2.45, 2.75) is 19.8 Å². The fraction of sp³-hybridized carbons (Fsp3) is 0.333. The summed E-state index contributed by atoms with van der Waals surface area (Å²) in [5.74, 6) is 0.0530. The van der Waals surface area contributed by atoms with Gasteiger partial charge in [-0.1, -0.05) is 36.4 Å². The summed E-state index contributed by atoms with van der Waals surface area (Å²) in [4.78, 5) is 30.3. The van der Waals surface area contributed by atoms with Crippen LogP contribution in [0.5, 0.6) is 5.75 Å². The zero-order chi connectivity index (χ0) is 21.1. The first-order valence-corrected chi connectivity index (χ1v) is 10.4. The summed E-state index contributed by atoms with van der Waals surface area (Å²) < 4.78 is 5.56. The molecule has 0 bridgehead atoms. The third kappa shape index (κ3) is 3.71. The Bertz CT molecular complexity index is 970. The monoisotopic (exact) mass is 406 g/mol. The van der Waals surface area contributed by atoms with Crippen molar-refractivity contribution in [1.82, 2.24) is 4.90 Å². The number of hydrogen-bond acceptors (Lipinski definition) is 5. The van der Waals surface area contributed by atoms with Crippen molar-refractivity contribution >= 4 is 23.1 Å². The molecule has 6 heteroatoms. The molecule has 2 aliphatic heterocycles. The number of imide groups is 1. The highest BCUT2D eigenvalue weighted by atomic mass is 16.5. The van der Waals surface area contributed by atoms with Gasteiger partial charge in [0.1, 0.15) is 11.4 Å². The van der Waals surface area contributed by atoms with E-state index in [2.05, 4.69) is 0 Å². The molecule has 1 saturated heterocycles. The average Bonchev–Trinajstić information content (AvgIpc) is 3.05. The van der Waals surface area contributed by atoms with Crippen molar-refractivity contribution in [3.05, 3.63) is 65.9 Å². The lowest BCUT2D eigenvalue weighted by Gasteiger charge is -2.34. The zero-order valence-electron chi connectivity index (χ0n) is 17.1. The predicted octanol–water partition coefficient (Wildman–Crippen LogP) is 3.07. The van der Waals surface area contributed by atoms with E-state index in [1.807, 2.05) is 42.2 Å². The molecular weight excluding hydrogens is 380 g/mol. The van der Waals surface area contributed by atoms with Crippen molar-refractivity contribution in [2.75, 3.05) is 31.2 Å². The summed E-state index contributed by atoms with van der Waals surface area (Å²) in [5, 5.41) is 9.64. The Balaban J connectivity index is 1.77. The summed E-state index contributed by atoms with van der Waals surface area (Å²) in [6.45, 7) is 3.72. The van der Waals surface area contributed by atoms with Crippen molar-refractivity contribution < 1.29 is 19.4 Å². The lowest BCUT2D eigenvalue weighted by molar-refractivity contribution is -0.120. The van der Waals surface area contributed by atoms with E-state index in [0.717, 1.165) is 18.4 Å². The number of aliphatic hydroxyl groups is 1. The van der Waals surface area contributed by atoms with Crippen LogP contribution in [-0.2, 0) is 9.59 Å². The van der Waals surface area contributed by atoms with E-state index in [1.165, 1.54) is 4.90 Å². The highest BCUT2D eigenvalue weighted by molar-refractivity contribution is 6.45. The number of carbonyl (C=O) groups excluding carboxylic acids is 2. The Kier molecular flexibility index (Phi) is 5.86. The smallest absolute Gasteiger partial charge is 0.282 e. The van der Waals surface area contributed by atoms with Crippen LogP contribution < -0.4 is 9.64 Å². The van der Waals surface area contributed by atoms with Gasteiger partial charge in [-0.05, 0) is 43.4 Å². The molecule has 2 aliphatic rings. The van der Waals surface area contributed by atoms with Crippen LogP contribution in [0, 0.1) is 5.92 Å². The fourth-order valence-electron chi connectivity index (χ4n) is 4.21. The van der Waals surface area contributed by atoms with E-state index in [0.29, 0.717) is 42.4 Å². The van der Waals surface area contributed by atoms with Crippen LogP contribution in [0.3, 0.4) is 0 Å². The van der Waals surface area contributed by atoms with Gasteiger partial charge in [0.15, 0.2) is 0 Å². The average molecular weight is 406 g/mol. The van der Waals surface area contributed by atoms with Gasteiger partial charge in [-0.25, -0.2) is 4.90 Å². The normalized spacial score (nSPS) is 19.6. The maximum atomic E-state index is 13.6. The van der Waals surface area contributed by atoms with Gasteiger partial charge >= 0.3 is 0 Å². The minimum absolute atomic E-state index is 0.0761. The summed E-state index contributed by atoms with van der Waals surface area (Å²) in [5.41, 5.74) is 2.06. The number of carbonyl (C=O) groups is 2. The molecule has 0 aliphatic carbocycles. The first kappa shape index (κ1) is 20.2. The molecule has 30 heavy (non-hydrogen) atoms. The van der Waals surface area contributed by atoms with Crippen LogP contribution in [0.15, 0.2) is 60.3 Å². The van der Waals surface area contributed by atoms with Crippen LogP contribution in [0.2, 0.25) is 0 Å². The molecule has 2 heterocycles. The Morgan fingerprint density at radius 1 is 1.07 bits per heavy atom.